The van der Waals surface area contributed by atoms with Crippen molar-refractivity contribution in [3.8, 4) is 28.5 Å². The van der Waals surface area contributed by atoms with Crippen molar-refractivity contribution in [1.82, 2.24) is 4.98 Å². The predicted octanol–water partition coefficient (Wildman–Crippen LogP) is 4.39. The summed E-state index contributed by atoms with van der Waals surface area (Å²) in [6.45, 7) is 0. The van der Waals surface area contributed by atoms with Crippen molar-refractivity contribution in [2.45, 2.75) is 0 Å². The van der Waals surface area contributed by atoms with Gasteiger partial charge < -0.3 is 4.98 Å². The Morgan fingerprint density at radius 2 is 1.88 bits per heavy atom. The van der Waals surface area contributed by atoms with E-state index in [1.165, 1.54) is 36.4 Å². The Labute approximate surface area is 154 Å². The number of pyridine rings is 1. The molecule has 0 radical (unpaired) electrons. The first-order valence-electron chi connectivity index (χ1n) is 7.29. The van der Waals surface area contributed by atoms with Gasteiger partial charge in [-0.3, -0.25) is 14.9 Å². The summed E-state index contributed by atoms with van der Waals surface area (Å²) in [6, 6.07) is 13.4. The van der Waals surface area contributed by atoms with E-state index in [2.05, 4.69) is 20.9 Å². The number of nitrogens with one attached hydrogen (secondary N) is 1. The molecule has 3 aromatic rings. The number of benzene rings is 2. The first-order chi connectivity index (χ1) is 12.4. The summed E-state index contributed by atoms with van der Waals surface area (Å²) in [5.74, 6) is -0.611. The van der Waals surface area contributed by atoms with Crippen LogP contribution in [0.3, 0.4) is 0 Å². The van der Waals surface area contributed by atoms with Crippen LogP contribution < -0.4 is 5.56 Å². The number of nitrogens with zero attached hydrogens (tertiary/aromatic N) is 2. The molecule has 0 amide bonds. The highest BCUT2D eigenvalue weighted by Gasteiger charge is 2.17. The van der Waals surface area contributed by atoms with Crippen LogP contribution in [0.1, 0.15) is 5.56 Å². The molecule has 0 saturated carbocycles. The van der Waals surface area contributed by atoms with Gasteiger partial charge >= 0.3 is 0 Å². The Balaban J connectivity index is 2.29. The fourth-order valence-corrected chi connectivity index (χ4v) is 2.90. The number of halogens is 2. The zero-order chi connectivity index (χ0) is 18.8. The van der Waals surface area contributed by atoms with Crippen LogP contribution in [-0.4, -0.2) is 9.91 Å². The lowest BCUT2D eigenvalue weighted by Crippen LogP contribution is -2.13. The monoisotopic (exact) mass is 413 g/mol. The van der Waals surface area contributed by atoms with E-state index in [0.717, 1.165) is 0 Å². The van der Waals surface area contributed by atoms with Crippen molar-refractivity contribution in [2.75, 3.05) is 0 Å². The van der Waals surface area contributed by atoms with Crippen molar-refractivity contribution in [3.05, 3.63) is 84.9 Å². The summed E-state index contributed by atoms with van der Waals surface area (Å²) in [5.41, 5.74) is -0.292. The summed E-state index contributed by atoms with van der Waals surface area (Å²) in [6.07, 6.45) is 0. The number of hydrogen-bond donors (Lipinski definition) is 1. The highest BCUT2D eigenvalue weighted by Crippen LogP contribution is 2.31. The molecule has 3 rings (SSSR count). The van der Waals surface area contributed by atoms with Gasteiger partial charge in [0.15, 0.2) is 0 Å². The number of nitro groups is 1. The summed E-state index contributed by atoms with van der Waals surface area (Å²) >= 11 is 3.08. The van der Waals surface area contributed by atoms with Crippen molar-refractivity contribution in [2.24, 2.45) is 0 Å². The Bertz CT molecular complexity index is 1140. The van der Waals surface area contributed by atoms with Gasteiger partial charge in [0, 0.05) is 34.5 Å². The molecule has 1 heterocycles. The van der Waals surface area contributed by atoms with E-state index in [4.69, 9.17) is 0 Å². The van der Waals surface area contributed by atoms with Gasteiger partial charge in [0.25, 0.3) is 11.2 Å². The molecule has 1 aromatic heterocycles. The van der Waals surface area contributed by atoms with Crippen LogP contribution in [0.5, 0.6) is 0 Å². The average Bonchev–Trinajstić information content (AvgIpc) is 2.63. The molecule has 2 aromatic carbocycles. The largest absolute Gasteiger partial charge is 0.321 e. The van der Waals surface area contributed by atoms with Gasteiger partial charge in [-0.15, -0.1) is 0 Å². The SMILES string of the molecule is N#Cc1c(-c2cccc(Br)c2F)cc(-c2cccc([N+](=O)[O-])c2)[nH]c1=O. The molecule has 0 aliphatic rings. The number of non-ortho nitro benzene ring substituents is 1. The summed E-state index contributed by atoms with van der Waals surface area (Å²) in [4.78, 5) is 25.2. The minimum atomic E-state index is -0.703. The summed E-state index contributed by atoms with van der Waals surface area (Å²) in [5, 5.41) is 20.3. The van der Waals surface area contributed by atoms with E-state index in [0.29, 0.717) is 5.56 Å². The Kier molecular flexibility index (Phi) is 4.65. The first kappa shape index (κ1) is 17.5. The molecule has 128 valence electrons. The van der Waals surface area contributed by atoms with Crippen molar-refractivity contribution in [1.29, 1.82) is 5.26 Å². The second kappa shape index (κ2) is 6.90. The van der Waals surface area contributed by atoms with E-state index >= 15 is 0 Å². The van der Waals surface area contributed by atoms with Crippen LogP contribution in [-0.2, 0) is 0 Å². The second-order valence-corrected chi connectivity index (χ2v) is 6.18. The molecule has 0 aliphatic heterocycles. The third-order valence-electron chi connectivity index (χ3n) is 3.75. The van der Waals surface area contributed by atoms with Crippen molar-refractivity contribution in [3.63, 3.8) is 0 Å². The van der Waals surface area contributed by atoms with Crippen LogP contribution in [0.25, 0.3) is 22.4 Å². The molecular weight excluding hydrogens is 405 g/mol. The number of rotatable bonds is 3. The van der Waals surface area contributed by atoms with Gasteiger partial charge in [0.2, 0.25) is 0 Å². The fourth-order valence-electron chi connectivity index (χ4n) is 2.54. The molecule has 0 bridgehead atoms. The van der Waals surface area contributed by atoms with E-state index in [9.17, 15) is 24.6 Å². The number of aromatic amines is 1. The highest BCUT2D eigenvalue weighted by atomic mass is 79.9. The van der Waals surface area contributed by atoms with Crippen molar-refractivity contribution < 1.29 is 9.31 Å². The lowest BCUT2D eigenvalue weighted by Gasteiger charge is -2.09. The first-order valence-corrected chi connectivity index (χ1v) is 8.08. The molecule has 8 heteroatoms. The zero-order valence-electron chi connectivity index (χ0n) is 13.0. The predicted molar refractivity (Wildman–Crippen MR) is 97.0 cm³/mol. The maximum absolute atomic E-state index is 14.5. The van der Waals surface area contributed by atoms with E-state index in [1.54, 1.807) is 18.2 Å². The zero-order valence-corrected chi connectivity index (χ0v) is 14.6. The highest BCUT2D eigenvalue weighted by molar-refractivity contribution is 9.10. The molecule has 0 aliphatic carbocycles. The topological polar surface area (TPSA) is 99.8 Å². The molecule has 0 unspecified atom stereocenters. The number of aromatic nitrogens is 1. The minimum absolute atomic E-state index is 0.0775. The summed E-state index contributed by atoms with van der Waals surface area (Å²) in [7, 11) is 0. The molecule has 1 N–H and O–H groups in total. The Hall–Kier alpha value is -3.31. The molecule has 0 spiro atoms. The molecule has 6 nitrogen and oxygen atoms in total. The maximum atomic E-state index is 14.5. The van der Waals surface area contributed by atoms with Gasteiger partial charge in [-0.2, -0.15) is 5.26 Å². The summed E-state index contributed by atoms with van der Waals surface area (Å²) < 4.78 is 14.7. The quantitative estimate of drug-likeness (QED) is 0.508. The molecule has 0 atom stereocenters. The standard InChI is InChI=1S/C18H9BrFN3O3/c19-15-6-2-5-12(17(15)20)13-8-16(22-18(24)14(13)9-21)10-3-1-4-11(7-10)23(25)26/h1-8H,(H,22,24). The molecule has 0 fully saturated rings. The van der Waals surface area contributed by atoms with Crippen LogP contribution in [0.2, 0.25) is 0 Å². The number of hydrogen-bond acceptors (Lipinski definition) is 4. The fraction of sp³-hybridized carbons (Fsp3) is 0. The normalized spacial score (nSPS) is 10.3. The Morgan fingerprint density at radius 1 is 1.15 bits per heavy atom. The third kappa shape index (κ3) is 3.12. The second-order valence-electron chi connectivity index (χ2n) is 5.32. The molecule has 0 saturated heterocycles. The number of nitriles is 1. The van der Waals surface area contributed by atoms with E-state index in [-0.39, 0.29) is 32.5 Å². The lowest BCUT2D eigenvalue weighted by molar-refractivity contribution is -0.384. The van der Waals surface area contributed by atoms with Crippen LogP contribution in [0.4, 0.5) is 10.1 Å². The maximum Gasteiger partial charge on any atom is 0.270 e. The van der Waals surface area contributed by atoms with Gasteiger partial charge in [0.1, 0.15) is 17.4 Å². The van der Waals surface area contributed by atoms with E-state index < -0.39 is 16.3 Å². The number of nitro benzene ring substituents is 1. The Morgan fingerprint density at radius 3 is 2.58 bits per heavy atom. The average molecular weight is 414 g/mol. The number of H-pyrrole nitrogens is 1. The van der Waals surface area contributed by atoms with Crippen LogP contribution in [0, 0.1) is 27.3 Å². The lowest BCUT2D eigenvalue weighted by atomic mass is 9.98. The van der Waals surface area contributed by atoms with Gasteiger partial charge in [-0.05, 0) is 28.1 Å². The molecular formula is C18H9BrFN3O3. The van der Waals surface area contributed by atoms with Gasteiger partial charge in [0.05, 0.1) is 9.40 Å². The van der Waals surface area contributed by atoms with Crippen molar-refractivity contribution >= 4 is 21.6 Å². The van der Waals surface area contributed by atoms with Crippen LogP contribution >= 0.6 is 15.9 Å². The van der Waals surface area contributed by atoms with Gasteiger partial charge in [-0.1, -0.05) is 24.3 Å². The van der Waals surface area contributed by atoms with E-state index in [1.807, 2.05) is 0 Å². The minimum Gasteiger partial charge on any atom is -0.321 e. The third-order valence-corrected chi connectivity index (χ3v) is 4.37. The molecule has 26 heavy (non-hydrogen) atoms. The van der Waals surface area contributed by atoms with Crippen LogP contribution in [0.15, 0.2) is 57.8 Å². The smallest absolute Gasteiger partial charge is 0.270 e. The van der Waals surface area contributed by atoms with Gasteiger partial charge in [-0.25, -0.2) is 4.39 Å².